The van der Waals surface area contributed by atoms with Crippen molar-refractivity contribution >= 4 is 17.8 Å². The zero-order chi connectivity index (χ0) is 16.3. The lowest BCUT2D eigenvalue weighted by Gasteiger charge is -2.19. The molecule has 0 bridgehead atoms. The minimum absolute atomic E-state index is 0.123. The van der Waals surface area contributed by atoms with Crippen LogP contribution in [-0.4, -0.2) is 48.4 Å². The molecule has 0 aliphatic carbocycles. The summed E-state index contributed by atoms with van der Waals surface area (Å²) in [7, 11) is 3.86. The van der Waals surface area contributed by atoms with E-state index >= 15 is 0 Å². The Hall–Kier alpha value is -2.21. The van der Waals surface area contributed by atoms with E-state index in [4.69, 9.17) is 4.84 Å². The molecule has 0 spiro atoms. The van der Waals surface area contributed by atoms with E-state index in [2.05, 4.69) is 0 Å². The minimum Gasteiger partial charge on any atom is -0.330 e. The molecule has 6 heteroatoms. The number of hydrogen-bond acceptors (Lipinski definition) is 5. The highest BCUT2D eigenvalue weighted by Gasteiger charge is 2.38. The average molecular weight is 304 g/mol. The van der Waals surface area contributed by atoms with Gasteiger partial charge in [0.2, 0.25) is 0 Å². The monoisotopic (exact) mass is 304 g/mol. The summed E-state index contributed by atoms with van der Waals surface area (Å²) in [5, 5.41) is 0.565. The predicted molar refractivity (Wildman–Crippen MR) is 80.0 cm³/mol. The van der Waals surface area contributed by atoms with Crippen LogP contribution in [0.15, 0.2) is 24.3 Å². The van der Waals surface area contributed by atoms with Gasteiger partial charge in [0, 0.05) is 6.54 Å². The van der Waals surface area contributed by atoms with Crippen LogP contribution < -0.4 is 0 Å². The van der Waals surface area contributed by atoms with Crippen LogP contribution in [0, 0.1) is 5.92 Å². The molecule has 2 amide bonds. The number of rotatable bonds is 6. The minimum atomic E-state index is -0.588. The topological polar surface area (TPSA) is 66.9 Å². The molecule has 0 saturated heterocycles. The Morgan fingerprint density at radius 1 is 1.18 bits per heavy atom. The van der Waals surface area contributed by atoms with Crippen LogP contribution in [0.3, 0.4) is 0 Å². The van der Waals surface area contributed by atoms with E-state index < -0.39 is 17.8 Å². The van der Waals surface area contributed by atoms with Gasteiger partial charge in [-0.1, -0.05) is 30.5 Å². The molecule has 22 heavy (non-hydrogen) atoms. The second-order valence-electron chi connectivity index (χ2n) is 5.65. The fourth-order valence-corrected chi connectivity index (χ4v) is 2.48. The molecular weight excluding hydrogens is 284 g/mol. The third kappa shape index (κ3) is 3.33. The molecule has 0 fully saturated rings. The zero-order valence-electron chi connectivity index (χ0n) is 13.0. The van der Waals surface area contributed by atoms with Crippen molar-refractivity contribution in [3.05, 3.63) is 35.4 Å². The van der Waals surface area contributed by atoms with Gasteiger partial charge in [-0.3, -0.25) is 9.59 Å². The van der Waals surface area contributed by atoms with Crippen LogP contribution in [0.2, 0.25) is 0 Å². The fourth-order valence-electron chi connectivity index (χ4n) is 2.48. The van der Waals surface area contributed by atoms with Gasteiger partial charge < -0.3 is 9.74 Å². The van der Waals surface area contributed by atoms with Crippen molar-refractivity contribution in [1.82, 2.24) is 9.96 Å². The zero-order valence-corrected chi connectivity index (χ0v) is 13.0. The summed E-state index contributed by atoms with van der Waals surface area (Å²) < 4.78 is 0. The molecule has 6 nitrogen and oxygen atoms in total. The van der Waals surface area contributed by atoms with E-state index in [-0.39, 0.29) is 23.5 Å². The molecule has 0 saturated carbocycles. The van der Waals surface area contributed by atoms with E-state index in [0.29, 0.717) is 5.06 Å². The third-order valence-electron chi connectivity index (χ3n) is 3.61. The fraction of sp³-hybridized carbons (Fsp3) is 0.438. The molecule has 1 aromatic rings. The molecule has 118 valence electrons. The second kappa shape index (κ2) is 6.70. The quantitative estimate of drug-likeness (QED) is 0.749. The summed E-state index contributed by atoms with van der Waals surface area (Å²) in [6.07, 6.45) is 0.984. The lowest BCUT2D eigenvalue weighted by atomic mass is 10.0. The SMILES string of the molecule is CCC(CC(=O)ON1C(=O)c2ccccc2C1=O)CN(C)C. The van der Waals surface area contributed by atoms with Crippen LogP contribution in [0.1, 0.15) is 40.5 Å². The maximum atomic E-state index is 12.1. The molecule has 1 aromatic carbocycles. The number of hydroxylamine groups is 2. The highest BCUT2D eigenvalue weighted by molar-refractivity contribution is 6.20. The second-order valence-corrected chi connectivity index (χ2v) is 5.65. The molecule has 1 atom stereocenters. The number of benzene rings is 1. The molecule has 0 radical (unpaired) electrons. The molecule has 1 aliphatic heterocycles. The van der Waals surface area contributed by atoms with Crippen molar-refractivity contribution in [3.63, 3.8) is 0 Å². The molecule has 1 unspecified atom stereocenters. The van der Waals surface area contributed by atoms with Crippen LogP contribution in [-0.2, 0) is 9.63 Å². The summed E-state index contributed by atoms with van der Waals surface area (Å²) in [5.74, 6) is -1.62. The maximum absolute atomic E-state index is 12.1. The summed E-state index contributed by atoms with van der Waals surface area (Å²) in [5.41, 5.74) is 0.529. The molecule has 2 rings (SSSR count). The number of imide groups is 1. The Labute approximate surface area is 129 Å². The van der Waals surface area contributed by atoms with Crippen LogP contribution in [0.5, 0.6) is 0 Å². The molecule has 0 aromatic heterocycles. The highest BCUT2D eigenvalue weighted by atomic mass is 16.7. The van der Waals surface area contributed by atoms with Gasteiger partial charge in [-0.25, -0.2) is 4.79 Å². The van der Waals surface area contributed by atoms with Crippen molar-refractivity contribution in [2.75, 3.05) is 20.6 Å². The predicted octanol–water partition coefficient (Wildman–Crippen LogP) is 1.72. The smallest absolute Gasteiger partial charge is 0.330 e. The Morgan fingerprint density at radius 2 is 1.73 bits per heavy atom. The molecule has 0 N–H and O–H groups in total. The number of hydrogen-bond donors (Lipinski definition) is 0. The van der Waals surface area contributed by atoms with Gasteiger partial charge in [0.15, 0.2) is 0 Å². The van der Waals surface area contributed by atoms with Crippen LogP contribution >= 0.6 is 0 Å². The summed E-state index contributed by atoms with van der Waals surface area (Å²) >= 11 is 0. The first-order valence-corrected chi connectivity index (χ1v) is 7.27. The Kier molecular flexibility index (Phi) is 4.92. The van der Waals surface area contributed by atoms with Gasteiger partial charge in [-0.2, -0.15) is 0 Å². The lowest BCUT2D eigenvalue weighted by molar-refractivity contribution is -0.169. The number of fused-ring (bicyclic) bond motifs is 1. The van der Waals surface area contributed by atoms with Gasteiger partial charge in [-0.15, -0.1) is 0 Å². The van der Waals surface area contributed by atoms with Crippen LogP contribution in [0.4, 0.5) is 0 Å². The van der Waals surface area contributed by atoms with Crippen molar-refractivity contribution in [2.45, 2.75) is 19.8 Å². The normalized spacial score (nSPS) is 15.2. The largest absolute Gasteiger partial charge is 0.333 e. The standard InChI is InChI=1S/C16H20N2O4/c1-4-11(10-17(2)3)9-14(19)22-18-15(20)12-7-5-6-8-13(12)16(18)21/h5-8,11H,4,9-10H2,1-3H3. The van der Waals surface area contributed by atoms with Gasteiger partial charge in [0.1, 0.15) is 0 Å². The van der Waals surface area contributed by atoms with E-state index in [1.54, 1.807) is 24.3 Å². The van der Waals surface area contributed by atoms with Gasteiger partial charge in [0.25, 0.3) is 11.8 Å². The first-order chi connectivity index (χ1) is 10.4. The van der Waals surface area contributed by atoms with E-state index in [9.17, 15) is 14.4 Å². The average Bonchev–Trinajstić information content (AvgIpc) is 2.72. The molecular formula is C16H20N2O4. The molecule has 1 aliphatic rings. The van der Waals surface area contributed by atoms with Gasteiger partial charge in [-0.05, 0) is 32.1 Å². The van der Waals surface area contributed by atoms with E-state index in [0.717, 1.165) is 13.0 Å². The Balaban J connectivity index is 2.01. The van der Waals surface area contributed by atoms with Gasteiger partial charge >= 0.3 is 5.97 Å². The number of carbonyl (C=O) groups excluding carboxylic acids is 3. The van der Waals surface area contributed by atoms with Crippen molar-refractivity contribution in [1.29, 1.82) is 0 Å². The van der Waals surface area contributed by atoms with E-state index in [1.807, 2.05) is 25.9 Å². The van der Waals surface area contributed by atoms with Crippen molar-refractivity contribution in [2.24, 2.45) is 5.92 Å². The van der Waals surface area contributed by atoms with E-state index in [1.165, 1.54) is 0 Å². The highest BCUT2D eigenvalue weighted by Crippen LogP contribution is 2.23. The van der Waals surface area contributed by atoms with Crippen LogP contribution in [0.25, 0.3) is 0 Å². The number of amides is 2. The summed E-state index contributed by atoms with van der Waals surface area (Å²) in [6, 6.07) is 6.42. The maximum Gasteiger partial charge on any atom is 0.333 e. The summed E-state index contributed by atoms with van der Waals surface area (Å²) in [4.78, 5) is 43.2. The Bertz CT molecular complexity index is 563. The number of carbonyl (C=O) groups is 3. The van der Waals surface area contributed by atoms with Gasteiger partial charge in [0.05, 0.1) is 17.5 Å². The molecule has 1 heterocycles. The Morgan fingerprint density at radius 3 is 2.18 bits per heavy atom. The first-order valence-electron chi connectivity index (χ1n) is 7.27. The lowest BCUT2D eigenvalue weighted by Crippen LogP contribution is -2.34. The third-order valence-corrected chi connectivity index (χ3v) is 3.61. The van der Waals surface area contributed by atoms with Crippen molar-refractivity contribution < 1.29 is 19.2 Å². The number of nitrogens with zero attached hydrogens (tertiary/aromatic N) is 2. The summed E-state index contributed by atoms with van der Waals surface area (Å²) in [6.45, 7) is 2.73. The first kappa shape index (κ1) is 16.2. The van der Waals surface area contributed by atoms with Crippen molar-refractivity contribution in [3.8, 4) is 0 Å².